The van der Waals surface area contributed by atoms with E-state index in [4.69, 9.17) is 0 Å². The minimum absolute atomic E-state index is 0.0411. The van der Waals surface area contributed by atoms with Crippen LogP contribution in [-0.2, 0) is 0 Å². The minimum Gasteiger partial charge on any atom is -0.337 e. The topological polar surface area (TPSA) is 32.3 Å². The van der Waals surface area contributed by atoms with Crippen LogP contribution in [0.2, 0.25) is 0 Å². The van der Waals surface area contributed by atoms with Crippen LogP contribution >= 0.6 is 0 Å². The molecule has 1 atom stereocenters. The number of nitrogens with one attached hydrogen (secondary N) is 1. The van der Waals surface area contributed by atoms with Crippen molar-refractivity contribution < 1.29 is 4.79 Å². The summed E-state index contributed by atoms with van der Waals surface area (Å²) in [5.41, 5.74) is 1.23. The number of allylic oxidation sites excluding steroid dienone is 1. The van der Waals surface area contributed by atoms with Gasteiger partial charge in [0.05, 0.1) is 0 Å². The molecule has 1 heterocycles. The van der Waals surface area contributed by atoms with Crippen LogP contribution in [0.15, 0.2) is 11.8 Å². The normalized spacial score (nSPS) is 29.1. The van der Waals surface area contributed by atoms with Gasteiger partial charge in [-0.3, -0.25) is 0 Å². The largest absolute Gasteiger partial charge is 0.337 e. The molecule has 1 fully saturated rings. The highest BCUT2D eigenvalue weighted by Gasteiger charge is 2.28. The maximum atomic E-state index is 11.2. The number of rotatable bonds is 0. The lowest BCUT2D eigenvalue weighted by Gasteiger charge is -2.35. The maximum Gasteiger partial charge on any atom is 0.321 e. The zero-order chi connectivity index (χ0) is 8.55. The molecule has 1 saturated heterocycles. The number of hydrogen-bond acceptors (Lipinski definition) is 1. The molecule has 1 aliphatic heterocycles. The highest BCUT2D eigenvalue weighted by Crippen LogP contribution is 2.28. The fourth-order valence-electron chi connectivity index (χ4n) is 1.99. The molecule has 0 bridgehead atoms. The van der Waals surface area contributed by atoms with Crippen molar-refractivity contribution in [3.05, 3.63) is 11.8 Å². The molecule has 0 aromatic heterocycles. The van der Waals surface area contributed by atoms with Gasteiger partial charge in [0.15, 0.2) is 0 Å². The number of carbonyl (C=O) groups is 1. The van der Waals surface area contributed by atoms with Crippen LogP contribution in [0, 0.1) is 5.92 Å². The molecule has 1 unspecified atom stereocenters. The first-order valence-electron chi connectivity index (χ1n) is 4.50. The third kappa shape index (κ3) is 1.09. The zero-order valence-electron chi connectivity index (χ0n) is 7.34. The summed E-state index contributed by atoms with van der Waals surface area (Å²) in [5, 5.41) is 2.88. The van der Waals surface area contributed by atoms with Crippen LogP contribution in [0.25, 0.3) is 0 Å². The predicted octanol–water partition coefficient (Wildman–Crippen LogP) is 1.33. The molecule has 0 spiro atoms. The quantitative estimate of drug-likeness (QED) is 0.578. The van der Waals surface area contributed by atoms with Gasteiger partial charge in [-0.15, -0.1) is 0 Å². The lowest BCUT2D eigenvalue weighted by Crippen LogP contribution is -2.48. The number of fused-ring (bicyclic) bond motifs is 1. The molecular weight excluding hydrogens is 152 g/mol. The summed E-state index contributed by atoms with van der Waals surface area (Å²) in [6.07, 6.45) is 5.81. The average molecular weight is 166 g/mol. The first-order valence-corrected chi connectivity index (χ1v) is 4.50. The SMILES string of the molecule is CN1C(=O)NCC2CCCC=C21. The Balaban J connectivity index is 2.22. The van der Waals surface area contributed by atoms with Gasteiger partial charge in [0.2, 0.25) is 0 Å². The molecule has 2 aliphatic rings. The molecule has 1 aliphatic carbocycles. The monoisotopic (exact) mass is 166 g/mol. The van der Waals surface area contributed by atoms with E-state index in [0.717, 1.165) is 13.0 Å². The number of nitrogens with zero attached hydrogens (tertiary/aromatic N) is 1. The van der Waals surface area contributed by atoms with Gasteiger partial charge < -0.3 is 10.2 Å². The lowest BCUT2D eigenvalue weighted by molar-refractivity contribution is 0.198. The Labute approximate surface area is 72.4 Å². The molecule has 0 aromatic rings. The first-order chi connectivity index (χ1) is 5.79. The van der Waals surface area contributed by atoms with Crippen molar-refractivity contribution in [1.82, 2.24) is 10.2 Å². The van der Waals surface area contributed by atoms with Gasteiger partial charge in [-0.2, -0.15) is 0 Å². The second kappa shape index (κ2) is 2.81. The molecule has 12 heavy (non-hydrogen) atoms. The second-order valence-electron chi connectivity index (χ2n) is 3.50. The van der Waals surface area contributed by atoms with Crippen molar-refractivity contribution in [2.75, 3.05) is 13.6 Å². The van der Waals surface area contributed by atoms with E-state index in [1.807, 2.05) is 7.05 Å². The Bertz CT molecular complexity index is 235. The summed E-state index contributed by atoms with van der Waals surface area (Å²) in [6.45, 7) is 0.828. The molecule has 66 valence electrons. The molecule has 0 saturated carbocycles. The fraction of sp³-hybridized carbons (Fsp3) is 0.667. The molecule has 3 nitrogen and oxygen atoms in total. The number of carbonyl (C=O) groups excluding carboxylic acids is 1. The highest BCUT2D eigenvalue weighted by molar-refractivity contribution is 5.77. The summed E-state index contributed by atoms with van der Waals surface area (Å²) in [4.78, 5) is 13.0. The molecule has 0 aromatic carbocycles. The van der Waals surface area contributed by atoms with Crippen molar-refractivity contribution in [3.8, 4) is 0 Å². The second-order valence-corrected chi connectivity index (χ2v) is 3.50. The Morgan fingerprint density at radius 3 is 3.33 bits per heavy atom. The van der Waals surface area contributed by atoms with Crippen molar-refractivity contribution in [2.45, 2.75) is 19.3 Å². The van der Waals surface area contributed by atoms with Crippen LogP contribution in [-0.4, -0.2) is 24.5 Å². The molecular formula is C9H14N2O. The van der Waals surface area contributed by atoms with Crippen LogP contribution in [0.3, 0.4) is 0 Å². The molecule has 1 N–H and O–H groups in total. The van der Waals surface area contributed by atoms with E-state index >= 15 is 0 Å². The summed E-state index contributed by atoms with van der Waals surface area (Å²) >= 11 is 0. The van der Waals surface area contributed by atoms with E-state index in [1.54, 1.807) is 4.90 Å². The van der Waals surface area contributed by atoms with Crippen molar-refractivity contribution in [1.29, 1.82) is 0 Å². The summed E-state index contributed by atoms with van der Waals surface area (Å²) in [5.74, 6) is 0.571. The van der Waals surface area contributed by atoms with Gasteiger partial charge in [0, 0.05) is 25.2 Å². The number of urea groups is 1. The minimum atomic E-state index is 0.0411. The average Bonchev–Trinajstić information content (AvgIpc) is 2.12. The van der Waals surface area contributed by atoms with Crippen LogP contribution < -0.4 is 5.32 Å². The van der Waals surface area contributed by atoms with E-state index in [9.17, 15) is 4.79 Å². The van der Waals surface area contributed by atoms with E-state index in [-0.39, 0.29) is 6.03 Å². The van der Waals surface area contributed by atoms with Gasteiger partial charge in [0.25, 0.3) is 0 Å². The Morgan fingerprint density at radius 2 is 2.50 bits per heavy atom. The van der Waals surface area contributed by atoms with Crippen LogP contribution in [0.5, 0.6) is 0 Å². The van der Waals surface area contributed by atoms with E-state index in [0.29, 0.717) is 5.92 Å². The van der Waals surface area contributed by atoms with Crippen molar-refractivity contribution in [2.24, 2.45) is 5.92 Å². The Kier molecular flexibility index (Phi) is 1.79. The molecule has 2 amide bonds. The van der Waals surface area contributed by atoms with Gasteiger partial charge in [-0.25, -0.2) is 4.79 Å². The Hall–Kier alpha value is -0.990. The highest BCUT2D eigenvalue weighted by atomic mass is 16.2. The van der Waals surface area contributed by atoms with Gasteiger partial charge in [0.1, 0.15) is 0 Å². The van der Waals surface area contributed by atoms with E-state index < -0.39 is 0 Å². The maximum absolute atomic E-state index is 11.2. The molecule has 3 heteroatoms. The van der Waals surface area contributed by atoms with Crippen LogP contribution in [0.4, 0.5) is 4.79 Å². The number of amides is 2. The van der Waals surface area contributed by atoms with Gasteiger partial charge in [-0.05, 0) is 19.3 Å². The van der Waals surface area contributed by atoms with Crippen molar-refractivity contribution in [3.63, 3.8) is 0 Å². The van der Waals surface area contributed by atoms with Crippen molar-refractivity contribution >= 4 is 6.03 Å². The first kappa shape index (κ1) is 7.65. The van der Waals surface area contributed by atoms with Gasteiger partial charge in [-0.1, -0.05) is 6.08 Å². The summed E-state index contributed by atoms with van der Waals surface area (Å²) in [7, 11) is 1.85. The summed E-state index contributed by atoms with van der Waals surface area (Å²) in [6, 6.07) is 0.0411. The third-order valence-corrected chi connectivity index (χ3v) is 2.72. The molecule has 2 rings (SSSR count). The smallest absolute Gasteiger partial charge is 0.321 e. The van der Waals surface area contributed by atoms with Gasteiger partial charge >= 0.3 is 6.03 Å². The predicted molar refractivity (Wildman–Crippen MR) is 46.6 cm³/mol. The molecule has 0 radical (unpaired) electrons. The Morgan fingerprint density at radius 1 is 1.67 bits per heavy atom. The van der Waals surface area contributed by atoms with E-state index in [1.165, 1.54) is 18.5 Å². The third-order valence-electron chi connectivity index (χ3n) is 2.72. The lowest BCUT2D eigenvalue weighted by atomic mass is 9.90. The fourth-order valence-corrected chi connectivity index (χ4v) is 1.99. The summed E-state index contributed by atoms with van der Waals surface area (Å²) < 4.78 is 0. The standard InChI is InChI=1S/C9H14N2O/c1-11-8-5-3-2-4-7(8)6-10-9(11)12/h5,7H,2-4,6H2,1H3,(H,10,12). The van der Waals surface area contributed by atoms with E-state index in [2.05, 4.69) is 11.4 Å². The number of hydrogen-bond donors (Lipinski definition) is 1. The van der Waals surface area contributed by atoms with Crippen LogP contribution in [0.1, 0.15) is 19.3 Å². The zero-order valence-corrected chi connectivity index (χ0v) is 7.34.